The first-order valence-electron chi connectivity index (χ1n) is 5.41. The van der Waals surface area contributed by atoms with Crippen LogP contribution in [0.15, 0.2) is 23.9 Å². The third kappa shape index (κ3) is 3.88. The minimum absolute atomic E-state index is 0.0164. The third-order valence-corrected chi connectivity index (χ3v) is 2.55. The van der Waals surface area contributed by atoms with Crippen LogP contribution in [0.25, 0.3) is 0 Å². The van der Waals surface area contributed by atoms with E-state index >= 15 is 0 Å². The minimum Gasteiger partial charge on any atom is -0.356 e. The van der Waals surface area contributed by atoms with Crippen molar-refractivity contribution >= 4 is 11.8 Å². The predicted molar refractivity (Wildman–Crippen MR) is 62.4 cm³/mol. The van der Waals surface area contributed by atoms with Gasteiger partial charge in [0.1, 0.15) is 0 Å². The van der Waals surface area contributed by atoms with Crippen molar-refractivity contribution in [3.8, 4) is 0 Å². The maximum Gasteiger partial charge on any atom is 0.221 e. The predicted octanol–water partition coefficient (Wildman–Crippen LogP) is 0.965. The van der Waals surface area contributed by atoms with E-state index < -0.39 is 0 Å². The smallest absolute Gasteiger partial charge is 0.221 e. The molecule has 2 unspecified atom stereocenters. The summed E-state index contributed by atoms with van der Waals surface area (Å²) in [7, 11) is 0. The molecule has 0 aromatic rings. The lowest BCUT2D eigenvalue weighted by Gasteiger charge is -2.23. The molecule has 0 aromatic heterocycles. The molecular weight excluding hydrogens is 204 g/mol. The normalized spacial score (nSPS) is 23.6. The molecule has 1 rings (SSSR count). The number of hydrogen-bond acceptors (Lipinski definition) is 2. The second kappa shape index (κ2) is 5.49. The number of nitrogens with one attached hydrogen (secondary N) is 2. The lowest BCUT2D eigenvalue weighted by molar-refractivity contribution is -0.119. The van der Waals surface area contributed by atoms with Crippen LogP contribution in [0.2, 0.25) is 0 Å². The molecule has 2 N–H and O–H groups in total. The highest BCUT2D eigenvalue weighted by atomic mass is 16.2. The fourth-order valence-electron chi connectivity index (χ4n) is 1.67. The fourth-order valence-corrected chi connectivity index (χ4v) is 1.67. The average molecular weight is 222 g/mol. The van der Waals surface area contributed by atoms with Gasteiger partial charge < -0.3 is 10.6 Å². The van der Waals surface area contributed by atoms with Crippen LogP contribution in [-0.2, 0) is 9.59 Å². The van der Waals surface area contributed by atoms with Gasteiger partial charge >= 0.3 is 0 Å². The number of carbonyl (C=O) groups excluding carboxylic acids is 2. The molecule has 0 fully saturated rings. The molecule has 2 atom stereocenters. The molecule has 0 aliphatic heterocycles. The molecule has 0 bridgehead atoms. The van der Waals surface area contributed by atoms with Crippen LogP contribution < -0.4 is 10.6 Å². The van der Waals surface area contributed by atoms with E-state index in [1.54, 1.807) is 0 Å². The molecule has 0 radical (unpaired) electrons. The Morgan fingerprint density at radius 2 is 2.00 bits per heavy atom. The van der Waals surface area contributed by atoms with E-state index in [-0.39, 0.29) is 11.8 Å². The van der Waals surface area contributed by atoms with Gasteiger partial charge in [-0.3, -0.25) is 9.59 Å². The first kappa shape index (κ1) is 12.5. The Morgan fingerprint density at radius 1 is 1.31 bits per heavy atom. The maximum absolute atomic E-state index is 10.9. The van der Waals surface area contributed by atoms with Crippen LogP contribution in [0.5, 0.6) is 0 Å². The summed E-state index contributed by atoms with van der Waals surface area (Å²) in [6, 6.07) is 0. The van der Waals surface area contributed by atoms with Crippen LogP contribution >= 0.6 is 0 Å². The van der Waals surface area contributed by atoms with Gasteiger partial charge in [-0.15, -0.1) is 0 Å². The van der Waals surface area contributed by atoms with E-state index in [1.807, 2.05) is 18.2 Å². The first-order chi connectivity index (χ1) is 7.49. The Kier molecular flexibility index (Phi) is 4.28. The Hall–Kier alpha value is -1.58. The standard InChI is InChI=1S/C12H18N2O2/c1-8-6-12(14-10(3)16)5-4-11(8)7-13-9(2)15/h4-6,8,11H,7H2,1-3H3,(H,13,15)(H,14,16). The van der Waals surface area contributed by atoms with Crippen molar-refractivity contribution in [2.75, 3.05) is 6.54 Å². The Bertz CT molecular complexity index is 345. The quantitative estimate of drug-likeness (QED) is 0.747. The van der Waals surface area contributed by atoms with Crippen molar-refractivity contribution < 1.29 is 9.59 Å². The Balaban J connectivity index is 2.52. The zero-order valence-electron chi connectivity index (χ0n) is 9.91. The topological polar surface area (TPSA) is 58.2 Å². The van der Waals surface area contributed by atoms with E-state index in [0.29, 0.717) is 18.4 Å². The number of carbonyl (C=O) groups is 2. The number of hydrogen-bond donors (Lipinski definition) is 2. The molecule has 0 saturated carbocycles. The van der Waals surface area contributed by atoms with Gasteiger partial charge in [-0.2, -0.15) is 0 Å². The van der Waals surface area contributed by atoms with Gasteiger partial charge in [-0.1, -0.05) is 19.1 Å². The molecular formula is C12H18N2O2. The largest absolute Gasteiger partial charge is 0.356 e. The molecule has 0 heterocycles. The number of amides is 2. The van der Waals surface area contributed by atoms with Gasteiger partial charge in [0.2, 0.25) is 11.8 Å². The second-order valence-electron chi connectivity index (χ2n) is 4.12. The van der Waals surface area contributed by atoms with Gasteiger partial charge in [0, 0.05) is 32.0 Å². The van der Waals surface area contributed by atoms with Crippen LogP contribution in [0.4, 0.5) is 0 Å². The molecule has 1 aliphatic carbocycles. The molecule has 0 saturated heterocycles. The van der Waals surface area contributed by atoms with E-state index in [0.717, 1.165) is 5.70 Å². The van der Waals surface area contributed by atoms with E-state index in [9.17, 15) is 9.59 Å². The highest BCUT2D eigenvalue weighted by Gasteiger charge is 2.17. The summed E-state index contributed by atoms with van der Waals surface area (Å²) < 4.78 is 0. The Morgan fingerprint density at radius 3 is 2.50 bits per heavy atom. The van der Waals surface area contributed by atoms with E-state index in [2.05, 4.69) is 17.6 Å². The summed E-state index contributed by atoms with van der Waals surface area (Å²) in [5.74, 6) is 0.515. The summed E-state index contributed by atoms with van der Waals surface area (Å²) in [5.41, 5.74) is 0.832. The van der Waals surface area contributed by atoms with Gasteiger partial charge in [0.05, 0.1) is 0 Å². The van der Waals surface area contributed by atoms with Crippen molar-refractivity contribution in [3.05, 3.63) is 23.9 Å². The molecule has 2 amide bonds. The van der Waals surface area contributed by atoms with Crippen LogP contribution in [0, 0.1) is 11.8 Å². The van der Waals surface area contributed by atoms with E-state index in [4.69, 9.17) is 0 Å². The average Bonchev–Trinajstić information content (AvgIpc) is 2.15. The SMILES string of the molecule is CC(=O)NCC1C=CC(NC(C)=O)=CC1C. The highest BCUT2D eigenvalue weighted by molar-refractivity contribution is 5.75. The van der Waals surface area contributed by atoms with Gasteiger partial charge in [0.25, 0.3) is 0 Å². The van der Waals surface area contributed by atoms with Crippen molar-refractivity contribution in [3.63, 3.8) is 0 Å². The van der Waals surface area contributed by atoms with Gasteiger partial charge in [-0.25, -0.2) is 0 Å². The number of allylic oxidation sites excluding steroid dienone is 2. The molecule has 4 heteroatoms. The maximum atomic E-state index is 10.9. The molecule has 0 spiro atoms. The molecule has 1 aliphatic rings. The minimum atomic E-state index is -0.0663. The van der Waals surface area contributed by atoms with Crippen molar-refractivity contribution in [1.29, 1.82) is 0 Å². The summed E-state index contributed by atoms with van der Waals surface area (Å²) in [5, 5.41) is 5.54. The monoisotopic (exact) mass is 222 g/mol. The molecule has 88 valence electrons. The third-order valence-electron chi connectivity index (χ3n) is 2.55. The van der Waals surface area contributed by atoms with E-state index in [1.165, 1.54) is 13.8 Å². The highest BCUT2D eigenvalue weighted by Crippen LogP contribution is 2.20. The Labute approximate surface area is 95.8 Å². The zero-order valence-corrected chi connectivity index (χ0v) is 9.91. The number of rotatable bonds is 3. The molecule has 4 nitrogen and oxygen atoms in total. The van der Waals surface area contributed by atoms with Crippen LogP contribution in [-0.4, -0.2) is 18.4 Å². The molecule has 0 aromatic carbocycles. The van der Waals surface area contributed by atoms with Gasteiger partial charge in [0.15, 0.2) is 0 Å². The fraction of sp³-hybridized carbons (Fsp3) is 0.500. The van der Waals surface area contributed by atoms with Crippen molar-refractivity contribution in [2.24, 2.45) is 11.8 Å². The second-order valence-corrected chi connectivity index (χ2v) is 4.12. The van der Waals surface area contributed by atoms with Crippen molar-refractivity contribution in [2.45, 2.75) is 20.8 Å². The lowest BCUT2D eigenvalue weighted by Crippen LogP contribution is -2.31. The summed E-state index contributed by atoms with van der Waals surface area (Å²) in [4.78, 5) is 21.7. The van der Waals surface area contributed by atoms with Crippen molar-refractivity contribution in [1.82, 2.24) is 10.6 Å². The molecule has 16 heavy (non-hydrogen) atoms. The van der Waals surface area contributed by atoms with Gasteiger partial charge in [-0.05, 0) is 12.0 Å². The summed E-state index contributed by atoms with van der Waals surface area (Å²) >= 11 is 0. The zero-order chi connectivity index (χ0) is 12.1. The summed E-state index contributed by atoms with van der Waals surface area (Å²) in [6.45, 7) is 5.70. The summed E-state index contributed by atoms with van der Waals surface area (Å²) in [6.07, 6.45) is 5.91. The first-order valence-corrected chi connectivity index (χ1v) is 5.41. The van der Waals surface area contributed by atoms with Crippen LogP contribution in [0.3, 0.4) is 0 Å². The van der Waals surface area contributed by atoms with Crippen LogP contribution in [0.1, 0.15) is 20.8 Å². The lowest BCUT2D eigenvalue weighted by atomic mass is 9.89.